The average Bonchev–Trinajstić information content (AvgIpc) is 3.02. The Labute approximate surface area is 280 Å². The fourth-order valence-electron chi connectivity index (χ4n) is 6.79. The number of halogens is 4. The van der Waals surface area contributed by atoms with E-state index in [-0.39, 0.29) is 62.2 Å². The van der Waals surface area contributed by atoms with Crippen molar-refractivity contribution in [1.82, 2.24) is 24.4 Å². The smallest absolute Gasteiger partial charge is 0.355 e. The molecule has 2 aliphatic rings. The third-order valence-corrected chi connectivity index (χ3v) is 9.58. The number of carbonyl (C=O) groups excluding carboxylic acids is 1. The van der Waals surface area contributed by atoms with Crippen LogP contribution in [0.1, 0.15) is 44.4 Å². The summed E-state index contributed by atoms with van der Waals surface area (Å²) in [6, 6.07) is 2.33. The minimum Gasteiger partial charge on any atom is -0.397 e. The zero-order valence-corrected chi connectivity index (χ0v) is 28.1. The van der Waals surface area contributed by atoms with Crippen LogP contribution in [0, 0.1) is 18.6 Å². The zero-order chi connectivity index (χ0) is 34.1. The molecule has 2 N–H and O–H groups in total. The maximum Gasteiger partial charge on any atom is 0.355 e. The molecule has 1 aromatic carbocycles. The Hall–Kier alpha value is -4.29. The number of piperazine rings is 1. The van der Waals surface area contributed by atoms with E-state index in [9.17, 15) is 9.59 Å². The van der Waals surface area contributed by atoms with Gasteiger partial charge in [-0.05, 0) is 50.0 Å². The first-order chi connectivity index (χ1) is 22.3. The molecule has 2 atom stereocenters. The molecule has 0 radical (unpaired) electrons. The van der Waals surface area contributed by atoms with Gasteiger partial charge in [-0.25, -0.2) is 23.1 Å². The quantitative estimate of drug-likeness (QED) is 0.162. The number of amides is 1. The second-order valence-corrected chi connectivity index (χ2v) is 13.2. The van der Waals surface area contributed by atoms with Crippen LogP contribution in [-0.4, -0.2) is 69.1 Å². The van der Waals surface area contributed by atoms with E-state index in [2.05, 4.69) is 16.5 Å². The number of nitrogens with two attached hydrogens (primary N) is 1. The molecule has 1 amide bonds. The summed E-state index contributed by atoms with van der Waals surface area (Å²) in [6.07, 6.45) is 3.42. The number of anilines is 3. The lowest BCUT2D eigenvalue weighted by Crippen LogP contribution is -2.60. The largest absolute Gasteiger partial charge is 0.397 e. The first-order valence-corrected chi connectivity index (χ1v) is 16.0. The topological polar surface area (TPSA) is 113 Å². The Morgan fingerprint density at radius 2 is 1.87 bits per heavy atom. The number of nitrogens with zero attached hydrogens (tertiary/aromatic N) is 7. The third-order valence-electron chi connectivity index (χ3n) is 8.99. The molecule has 6 rings (SSSR count). The highest BCUT2D eigenvalue weighted by molar-refractivity contribution is 6.37. The molecule has 1 saturated heterocycles. The number of carbonyl (C=O) groups is 1. The molecular weight excluding hydrogens is 649 g/mol. The summed E-state index contributed by atoms with van der Waals surface area (Å²) in [5.74, 6) is -1.98. The molecule has 2 unspecified atom stereocenters. The highest BCUT2D eigenvalue weighted by Gasteiger charge is 2.40. The van der Waals surface area contributed by atoms with Gasteiger partial charge >= 0.3 is 5.69 Å². The van der Waals surface area contributed by atoms with Crippen LogP contribution in [0.25, 0.3) is 28.0 Å². The number of fused-ring (bicyclic) bond motifs is 2. The molecule has 10 nitrogen and oxygen atoms in total. The SMILES string of the molecule is C=CC(=O)N1CC(C)N2c3nc(=O)n(-c4c(C)ccnc4C(C)C)c4nc(-c5c(N)c(Cl)cc(Cl)c5F)c(F)c(c34)N(C)CCC2C1. The highest BCUT2D eigenvalue weighted by atomic mass is 35.5. The predicted molar refractivity (Wildman–Crippen MR) is 182 cm³/mol. The molecular formula is C33H34Cl2F2N8O2. The van der Waals surface area contributed by atoms with Gasteiger partial charge in [0.1, 0.15) is 11.5 Å². The molecule has 2 aliphatic heterocycles. The first kappa shape index (κ1) is 32.6. The summed E-state index contributed by atoms with van der Waals surface area (Å²) >= 11 is 12.5. The van der Waals surface area contributed by atoms with E-state index in [1.807, 2.05) is 32.6 Å². The minimum absolute atomic E-state index is 0.0311. The predicted octanol–water partition coefficient (Wildman–Crippen LogP) is 5.87. The summed E-state index contributed by atoms with van der Waals surface area (Å²) in [7, 11) is 1.70. The molecule has 4 aromatic rings. The van der Waals surface area contributed by atoms with Gasteiger partial charge in [-0.3, -0.25) is 9.78 Å². The van der Waals surface area contributed by atoms with Crippen LogP contribution >= 0.6 is 23.2 Å². The molecule has 5 heterocycles. The Balaban J connectivity index is 1.79. The molecule has 0 aliphatic carbocycles. The van der Waals surface area contributed by atoms with Crippen molar-refractivity contribution >= 4 is 57.3 Å². The number of hydrogen-bond donors (Lipinski definition) is 1. The highest BCUT2D eigenvalue weighted by Crippen LogP contribution is 2.45. The minimum atomic E-state index is -1.000. The summed E-state index contributed by atoms with van der Waals surface area (Å²) in [6.45, 7) is 12.3. The Bertz CT molecular complexity index is 2010. The third kappa shape index (κ3) is 5.18. The van der Waals surface area contributed by atoms with Crippen LogP contribution in [0.2, 0.25) is 10.0 Å². The standard InChI is InChI=1S/C33H34Cl2F2N8O2/c1-7-21(46)43-13-17(5)44-18(14-43)9-11-42(6)30-23-31(40-28(25(30)37)22-24(36)19(34)12-20(35)26(22)38)45(33(47)41-32(23)44)29-16(4)8-10-39-27(29)15(2)3/h7-8,10,12,15,17-18H,1,9,11,13-14,38H2,2-6H3. The van der Waals surface area contributed by atoms with E-state index in [1.165, 1.54) is 10.6 Å². The van der Waals surface area contributed by atoms with Crippen LogP contribution in [0.4, 0.5) is 26.0 Å². The van der Waals surface area contributed by atoms with Crippen molar-refractivity contribution in [3.8, 4) is 16.9 Å². The van der Waals surface area contributed by atoms with Gasteiger partial charge in [0.15, 0.2) is 17.3 Å². The van der Waals surface area contributed by atoms with Gasteiger partial charge in [0, 0.05) is 38.9 Å². The van der Waals surface area contributed by atoms with Gasteiger partial charge in [0.05, 0.1) is 49.8 Å². The van der Waals surface area contributed by atoms with Gasteiger partial charge in [0.25, 0.3) is 0 Å². The van der Waals surface area contributed by atoms with Gasteiger partial charge in [0.2, 0.25) is 5.91 Å². The van der Waals surface area contributed by atoms with Crippen LogP contribution in [0.5, 0.6) is 0 Å². The van der Waals surface area contributed by atoms with Crippen molar-refractivity contribution in [2.24, 2.45) is 0 Å². The second-order valence-electron chi connectivity index (χ2n) is 12.4. The average molecular weight is 684 g/mol. The maximum absolute atomic E-state index is 17.1. The molecule has 14 heteroatoms. The van der Waals surface area contributed by atoms with Gasteiger partial charge in [-0.2, -0.15) is 4.98 Å². The van der Waals surface area contributed by atoms with Crippen LogP contribution < -0.4 is 21.2 Å². The number of hydrogen-bond acceptors (Lipinski definition) is 8. The van der Waals surface area contributed by atoms with Crippen molar-refractivity contribution in [1.29, 1.82) is 0 Å². The summed E-state index contributed by atoms with van der Waals surface area (Å²) < 4.78 is 34.2. The fourth-order valence-corrected chi connectivity index (χ4v) is 7.25. The molecule has 3 aromatic heterocycles. The van der Waals surface area contributed by atoms with Crippen LogP contribution in [-0.2, 0) is 4.79 Å². The Morgan fingerprint density at radius 3 is 2.55 bits per heavy atom. The number of aryl methyl sites for hydroxylation is 1. The van der Waals surface area contributed by atoms with Gasteiger partial charge in [-0.1, -0.05) is 43.6 Å². The van der Waals surface area contributed by atoms with Crippen LogP contribution in [0.15, 0.2) is 35.8 Å². The van der Waals surface area contributed by atoms with Gasteiger partial charge < -0.3 is 20.4 Å². The molecule has 0 saturated carbocycles. The summed E-state index contributed by atoms with van der Waals surface area (Å²) in [5, 5.41) is -0.193. The molecule has 246 valence electrons. The van der Waals surface area contributed by atoms with Crippen molar-refractivity contribution in [3.63, 3.8) is 0 Å². The van der Waals surface area contributed by atoms with Crippen molar-refractivity contribution in [2.75, 3.05) is 42.2 Å². The number of rotatable bonds is 4. The van der Waals surface area contributed by atoms with E-state index in [0.29, 0.717) is 43.0 Å². The van der Waals surface area contributed by atoms with E-state index >= 15 is 8.78 Å². The normalized spacial score (nSPS) is 18.0. The number of aromatic nitrogens is 4. The Morgan fingerprint density at radius 1 is 1.15 bits per heavy atom. The number of benzene rings is 1. The van der Waals surface area contributed by atoms with E-state index in [4.69, 9.17) is 33.9 Å². The van der Waals surface area contributed by atoms with E-state index in [1.54, 1.807) is 29.1 Å². The monoisotopic (exact) mass is 682 g/mol. The second kappa shape index (κ2) is 12.1. The van der Waals surface area contributed by atoms with Crippen LogP contribution in [0.3, 0.4) is 0 Å². The number of nitrogen functional groups attached to an aromatic ring is 1. The van der Waals surface area contributed by atoms with Crippen molar-refractivity contribution < 1.29 is 13.6 Å². The Kier molecular flexibility index (Phi) is 8.38. The van der Waals surface area contributed by atoms with Crippen molar-refractivity contribution in [3.05, 3.63) is 74.4 Å². The molecule has 1 fully saturated rings. The summed E-state index contributed by atoms with van der Waals surface area (Å²) in [4.78, 5) is 46.3. The van der Waals surface area contributed by atoms with E-state index < -0.39 is 28.6 Å². The lowest BCUT2D eigenvalue weighted by molar-refractivity contribution is -0.127. The lowest BCUT2D eigenvalue weighted by atomic mass is 9.98. The first-order valence-electron chi connectivity index (χ1n) is 15.2. The lowest BCUT2D eigenvalue weighted by Gasteiger charge is -2.48. The number of pyridine rings is 2. The summed E-state index contributed by atoms with van der Waals surface area (Å²) in [5.41, 5.74) is 6.28. The van der Waals surface area contributed by atoms with Gasteiger partial charge in [-0.15, -0.1) is 0 Å². The molecule has 0 bridgehead atoms. The maximum atomic E-state index is 17.1. The van der Waals surface area contributed by atoms with E-state index in [0.717, 1.165) is 6.07 Å². The molecule has 0 spiro atoms. The zero-order valence-electron chi connectivity index (χ0n) is 26.6. The fraction of sp³-hybridized carbons (Fsp3) is 0.364. The molecule has 47 heavy (non-hydrogen) atoms. The van der Waals surface area contributed by atoms with Crippen molar-refractivity contribution in [2.45, 2.75) is 52.1 Å².